The van der Waals surface area contributed by atoms with Crippen LogP contribution < -0.4 is 5.32 Å². The van der Waals surface area contributed by atoms with Crippen LogP contribution >= 0.6 is 11.3 Å². The van der Waals surface area contributed by atoms with E-state index in [0.29, 0.717) is 19.2 Å². The van der Waals surface area contributed by atoms with Crippen LogP contribution in [-0.2, 0) is 11.2 Å². The maximum Gasteiger partial charge on any atom is 0.0897 e. The average Bonchev–Trinajstić information content (AvgIpc) is 3.30. The zero-order chi connectivity index (χ0) is 20.8. The molecule has 0 amide bonds. The third-order valence-corrected chi connectivity index (χ3v) is 7.35. The summed E-state index contributed by atoms with van der Waals surface area (Å²) in [6.07, 6.45) is 2.96. The van der Waals surface area contributed by atoms with Crippen molar-refractivity contribution in [2.45, 2.75) is 37.5 Å². The van der Waals surface area contributed by atoms with E-state index >= 15 is 0 Å². The van der Waals surface area contributed by atoms with Crippen LogP contribution in [-0.4, -0.2) is 73.9 Å². The summed E-state index contributed by atoms with van der Waals surface area (Å²) in [7, 11) is 2.19. The van der Waals surface area contributed by atoms with Gasteiger partial charge in [-0.2, -0.15) is 0 Å². The number of nitrogens with zero attached hydrogens (tertiary/aromatic N) is 2. The zero-order valence-corrected chi connectivity index (χ0v) is 18.8. The highest BCUT2D eigenvalue weighted by atomic mass is 32.1. The fraction of sp³-hybridized carbons (Fsp3) is 0.583. The minimum atomic E-state index is -0.490. The number of nitrogens with one attached hydrogen (secondary N) is 1. The van der Waals surface area contributed by atoms with Gasteiger partial charge in [-0.15, -0.1) is 11.3 Å². The van der Waals surface area contributed by atoms with Gasteiger partial charge in [0.05, 0.1) is 24.9 Å². The zero-order valence-electron chi connectivity index (χ0n) is 18.0. The molecule has 1 aliphatic carbocycles. The number of likely N-dealkylation sites (N-methyl/N-ethyl adjacent to an activating group) is 1. The minimum absolute atomic E-state index is 0.119. The van der Waals surface area contributed by atoms with Gasteiger partial charge in [-0.05, 0) is 48.9 Å². The summed E-state index contributed by atoms with van der Waals surface area (Å²) in [6.45, 7) is 6.20. The molecule has 30 heavy (non-hydrogen) atoms. The molecule has 2 N–H and O–H groups in total. The summed E-state index contributed by atoms with van der Waals surface area (Å²) in [4.78, 5) is 6.36. The van der Waals surface area contributed by atoms with E-state index in [-0.39, 0.29) is 6.10 Å². The van der Waals surface area contributed by atoms with Crippen LogP contribution in [0.15, 0.2) is 41.8 Å². The monoisotopic (exact) mass is 429 g/mol. The molecule has 4 rings (SSSR count). The molecule has 1 saturated heterocycles. The Kier molecular flexibility index (Phi) is 7.93. The smallest absolute Gasteiger partial charge is 0.0897 e. The van der Waals surface area contributed by atoms with Crippen molar-refractivity contribution in [3.8, 4) is 0 Å². The van der Waals surface area contributed by atoms with Gasteiger partial charge in [0.2, 0.25) is 0 Å². The van der Waals surface area contributed by atoms with E-state index in [0.717, 1.165) is 52.0 Å². The Morgan fingerprint density at radius 3 is 2.77 bits per heavy atom. The Balaban J connectivity index is 1.24. The van der Waals surface area contributed by atoms with Gasteiger partial charge >= 0.3 is 0 Å². The lowest BCUT2D eigenvalue weighted by Crippen LogP contribution is -2.48. The number of ether oxygens (including phenoxy) is 1. The van der Waals surface area contributed by atoms with Crippen LogP contribution in [0.2, 0.25) is 0 Å². The van der Waals surface area contributed by atoms with Crippen molar-refractivity contribution in [1.82, 2.24) is 15.1 Å². The summed E-state index contributed by atoms with van der Waals surface area (Å²) < 4.78 is 6.13. The van der Waals surface area contributed by atoms with E-state index in [4.69, 9.17) is 4.74 Å². The molecule has 1 fully saturated rings. The molecule has 2 heterocycles. The lowest BCUT2D eigenvalue weighted by atomic mass is 9.89. The van der Waals surface area contributed by atoms with Crippen molar-refractivity contribution in [2.24, 2.45) is 0 Å². The van der Waals surface area contributed by atoms with E-state index in [1.54, 1.807) is 0 Å². The molecule has 0 spiro atoms. The van der Waals surface area contributed by atoms with Crippen molar-refractivity contribution in [3.63, 3.8) is 0 Å². The highest BCUT2D eigenvalue weighted by Gasteiger charge is 2.25. The Morgan fingerprint density at radius 2 is 1.97 bits per heavy atom. The first-order valence-electron chi connectivity index (χ1n) is 11.2. The molecule has 164 valence electrons. The highest BCUT2D eigenvalue weighted by Crippen LogP contribution is 2.32. The molecule has 0 radical (unpaired) electrons. The van der Waals surface area contributed by atoms with E-state index in [1.165, 1.54) is 16.0 Å². The molecule has 1 aromatic carbocycles. The molecule has 0 unspecified atom stereocenters. The third-order valence-electron chi connectivity index (χ3n) is 6.37. The molecule has 2 aliphatic rings. The van der Waals surface area contributed by atoms with Gasteiger partial charge in [-0.3, -0.25) is 4.90 Å². The quantitative estimate of drug-likeness (QED) is 0.642. The Bertz CT molecular complexity index is 762. The lowest BCUT2D eigenvalue weighted by Gasteiger charge is -2.38. The number of aryl methyl sites for hydroxylation is 1. The van der Waals surface area contributed by atoms with Gasteiger partial charge in [0.15, 0.2) is 0 Å². The molecular weight excluding hydrogens is 394 g/mol. The second-order valence-electron chi connectivity index (χ2n) is 8.60. The molecule has 5 nitrogen and oxygen atoms in total. The fourth-order valence-corrected chi connectivity index (χ4v) is 5.44. The van der Waals surface area contributed by atoms with Crippen LogP contribution in [0.4, 0.5) is 0 Å². The lowest BCUT2D eigenvalue weighted by molar-refractivity contribution is -0.0172. The number of fused-ring (bicyclic) bond motifs is 1. The van der Waals surface area contributed by atoms with Gasteiger partial charge < -0.3 is 20.1 Å². The number of hydrogen-bond donors (Lipinski definition) is 2. The summed E-state index contributed by atoms with van der Waals surface area (Å²) in [6, 6.07) is 13.3. The fourth-order valence-electron chi connectivity index (χ4n) is 4.58. The molecule has 2 aromatic rings. The first-order chi connectivity index (χ1) is 14.7. The second kappa shape index (κ2) is 10.8. The normalized spacial score (nSPS) is 22.5. The maximum absolute atomic E-state index is 10.5. The Hall–Kier alpha value is -1.28. The van der Waals surface area contributed by atoms with Gasteiger partial charge in [0, 0.05) is 44.1 Å². The van der Waals surface area contributed by atoms with Gasteiger partial charge in [0.1, 0.15) is 0 Å². The second-order valence-corrected chi connectivity index (χ2v) is 9.57. The molecular formula is C24H35N3O2S. The van der Waals surface area contributed by atoms with Crippen molar-refractivity contribution in [3.05, 3.63) is 57.8 Å². The first-order valence-corrected chi connectivity index (χ1v) is 12.1. The molecule has 0 saturated carbocycles. The number of rotatable bonds is 9. The first kappa shape index (κ1) is 21.9. The van der Waals surface area contributed by atoms with Crippen molar-refractivity contribution >= 4 is 11.3 Å². The highest BCUT2D eigenvalue weighted by molar-refractivity contribution is 7.10. The number of aliphatic hydroxyl groups is 1. The summed E-state index contributed by atoms with van der Waals surface area (Å²) in [5.74, 6) is 0. The van der Waals surface area contributed by atoms with E-state index in [2.05, 4.69) is 63.9 Å². The average molecular weight is 430 g/mol. The van der Waals surface area contributed by atoms with E-state index in [9.17, 15) is 5.11 Å². The van der Waals surface area contributed by atoms with E-state index in [1.807, 2.05) is 11.3 Å². The number of benzene rings is 1. The number of piperazine rings is 1. The van der Waals surface area contributed by atoms with Gasteiger partial charge in [0.25, 0.3) is 0 Å². The summed E-state index contributed by atoms with van der Waals surface area (Å²) >= 11 is 1.82. The van der Waals surface area contributed by atoms with Crippen LogP contribution in [0.25, 0.3) is 0 Å². The van der Waals surface area contributed by atoms with Crippen LogP contribution in [0, 0.1) is 0 Å². The molecule has 0 bridgehead atoms. The molecule has 1 aromatic heterocycles. The standard InChI is InChI=1S/C24H35N3O2S/c1-26-11-13-27(14-12-26)22(24-10-5-15-30-24)17-25-16-20(28)18-29-23-9-4-7-19-6-2-3-8-21(19)23/h2-3,5-6,8,10,15,20,22-23,25,28H,4,7,9,11-14,16-18H2,1H3/t20-,22-,23+/m1/s1. The number of aliphatic hydroxyl groups excluding tert-OH is 1. The Morgan fingerprint density at radius 1 is 1.13 bits per heavy atom. The third kappa shape index (κ3) is 5.69. The topological polar surface area (TPSA) is 48.0 Å². The molecule has 6 heteroatoms. The van der Waals surface area contributed by atoms with E-state index < -0.39 is 6.10 Å². The van der Waals surface area contributed by atoms with Crippen molar-refractivity contribution in [2.75, 3.05) is 52.9 Å². The SMILES string of the molecule is CN1CCN([C@H](CNC[C@@H](O)CO[C@H]2CCCc3ccccc32)c2cccs2)CC1. The Labute approximate surface area is 184 Å². The summed E-state index contributed by atoms with van der Waals surface area (Å²) in [5.41, 5.74) is 2.70. The number of thiophene rings is 1. The van der Waals surface area contributed by atoms with Gasteiger partial charge in [-0.1, -0.05) is 30.3 Å². The van der Waals surface area contributed by atoms with Crippen molar-refractivity contribution in [1.29, 1.82) is 0 Å². The van der Waals surface area contributed by atoms with Crippen LogP contribution in [0.1, 0.15) is 41.0 Å². The largest absolute Gasteiger partial charge is 0.389 e. The molecule has 1 aliphatic heterocycles. The van der Waals surface area contributed by atoms with Crippen LogP contribution in [0.3, 0.4) is 0 Å². The maximum atomic E-state index is 10.5. The predicted octanol–water partition coefficient (Wildman–Crippen LogP) is 3.08. The minimum Gasteiger partial charge on any atom is -0.389 e. The van der Waals surface area contributed by atoms with Gasteiger partial charge in [-0.25, -0.2) is 0 Å². The summed E-state index contributed by atoms with van der Waals surface area (Å²) in [5, 5.41) is 16.2. The van der Waals surface area contributed by atoms with Crippen LogP contribution in [0.5, 0.6) is 0 Å². The number of hydrogen-bond acceptors (Lipinski definition) is 6. The molecule has 3 atom stereocenters. The van der Waals surface area contributed by atoms with Crippen molar-refractivity contribution < 1.29 is 9.84 Å². The predicted molar refractivity (Wildman–Crippen MR) is 123 cm³/mol.